The van der Waals surface area contributed by atoms with E-state index in [4.69, 9.17) is 22.1 Å². The Kier molecular flexibility index (Phi) is 6.32. The van der Waals surface area contributed by atoms with Crippen LogP contribution >= 0.6 is 12.2 Å². The molecule has 2 aromatic heterocycles. The largest absolute Gasteiger partial charge is 0.494 e. The van der Waals surface area contributed by atoms with Gasteiger partial charge in [0.2, 0.25) is 10.7 Å². The van der Waals surface area contributed by atoms with Crippen molar-refractivity contribution in [3.63, 3.8) is 0 Å². The summed E-state index contributed by atoms with van der Waals surface area (Å²) in [5, 5.41) is 7.70. The summed E-state index contributed by atoms with van der Waals surface area (Å²) < 4.78 is 11.5. The van der Waals surface area contributed by atoms with Crippen molar-refractivity contribution in [3.05, 3.63) is 59.4 Å². The highest BCUT2D eigenvalue weighted by Gasteiger charge is 2.24. The summed E-state index contributed by atoms with van der Waals surface area (Å²) in [5.41, 5.74) is 0.715. The molecule has 7 nitrogen and oxygen atoms in total. The number of ether oxygens (including phenoxy) is 1. The van der Waals surface area contributed by atoms with Crippen molar-refractivity contribution < 1.29 is 9.53 Å². The molecule has 4 rings (SSSR count). The normalized spacial score (nSPS) is 14.6. The van der Waals surface area contributed by atoms with Crippen LogP contribution in [0.25, 0.3) is 0 Å². The number of benzene rings is 1. The monoisotopic (exact) mass is 425 g/mol. The molecule has 0 spiro atoms. The van der Waals surface area contributed by atoms with Crippen molar-refractivity contribution in [2.75, 3.05) is 11.9 Å². The second-order valence-electron chi connectivity index (χ2n) is 7.51. The average molecular weight is 426 g/mol. The third-order valence-corrected chi connectivity index (χ3v) is 5.76. The molecule has 158 valence electrons. The number of hydrogen-bond acceptors (Lipinski definition) is 4. The molecule has 1 fully saturated rings. The van der Waals surface area contributed by atoms with Crippen LogP contribution in [0.15, 0.2) is 48.8 Å². The molecule has 0 bridgehead atoms. The van der Waals surface area contributed by atoms with E-state index >= 15 is 0 Å². The van der Waals surface area contributed by atoms with Gasteiger partial charge in [0.1, 0.15) is 12.3 Å². The zero-order valence-electron chi connectivity index (χ0n) is 17.2. The SMILES string of the molecule is CCOc1ccc(NC(=O)Cn2nc(C3CCCCC3)n(-n3cccc3)c2=S)cc1. The molecule has 1 aromatic carbocycles. The molecule has 0 atom stereocenters. The van der Waals surface area contributed by atoms with Crippen molar-refractivity contribution >= 4 is 23.8 Å². The molecule has 0 aliphatic heterocycles. The van der Waals surface area contributed by atoms with E-state index < -0.39 is 0 Å². The van der Waals surface area contributed by atoms with Crippen molar-refractivity contribution in [2.24, 2.45) is 0 Å². The molecule has 1 saturated carbocycles. The maximum atomic E-state index is 12.7. The minimum atomic E-state index is -0.164. The number of carbonyl (C=O) groups excluding carboxylic acids is 1. The molecule has 0 unspecified atom stereocenters. The number of amides is 1. The van der Waals surface area contributed by atoms with Crippen LogP contribution in [-0.4, -0.2) is 31.6 Å². The highest BCUT2D eigenvalue weighted by molar-refractivity contribution is 7.71. The zero-order valence-corrected chi connectivity index (χ0v) is 18.0. The quantitative estimate of drug-likeness (QED) is 0.561. The van der Waals surface area contributed by atoms with Crippen LogP contribution in [0.4, 0.5) is 5.69 Å². The fourth-order valence-electron chi connectivity index (χ4n) is 3.95. The Hall–Kier alpha value is -2.87. The fraction of sp³-hybridized carbons (Fsp3) is 0.409. The minimum absolute atomic E-state index is 0.0695. The van der Waals surface area contributed by atoms with Gasteiger partial charge in [-0.3, -0.25) is 9.47 Å². The second kappa shape index (κ2) is 9.30. The van der Waals surface area contributed by atoms with Gasteiger partial charge in [-0.2, -0.15) is 5.10 Å². The summed E-state index contributed by atoms with van der Waals surface area (Å²) >= 11 is 5.71. The van der Waals surface area contributed by atoms with Gasteiger partial charge < -0.3 is 10.1 Å². The van der Waals surface area contributed by atoms with Crippen LogP contribution in [-0.2, 0) is 11.3 Å². The lowest BCUT2D eigenvalue weighted by Crippen LogP contribution is -2.20. The van der Waals surface area contributed by atoms with Crippen LogP contribution in [0.2, 0.25) is 0 Å². The molecule has 8 heteroatoms. The van der Waals surface area contributed by atoms with Gasteiger partial charge in [-0.1, -0.05) is 19.3 Å². The third kappa shape index (κ3) is 4.48. The Morgan fingerprint density at radius 2 is 1.87 bits per heavy atom. The zero-order chi connectivity index (χ0) is 20.9. The number of carbonyl (C=O) groups is 1. The summed E-state index contributed by atoms with van der Waals surface area (Å²) in [7, 11) is 0. The minimum Gasteiger partial charge on any atom is -0.494 e. The number of hydrogen-bond donors (Lipinski definition) is 1. The van der Waals surface area contributed by atoms with E-state index in [9.17, 15) is 4.79 Å². The molecule has 30 heavy (non-hydrogen) atoms. The maximum Gasteiger partial charge on any atom is 0.246 e. The van der Waals surface area contributed by atoms with Crippen LogP contribution < -0.4 is 10.1 Å². The van der Waals surface area contributed by atoms with Gasteiger partial charge in [-0.25, -0.2) is 9.36 Å². The van der Waals surface area contributed by atoms with E-state index in [2.05, 4.69) is 5.32 Å². The van der Waals surface area contributed by atoms with Crippen LogP contribution in [0, 0.1) is 4.77 Å². The van der Waals surface area contributed by atoms with E-state index in [1.807, 2.05) is 65.1 Å². The molecule has 1 aliphatic carbocycles. The number of anilines is 1. The molecule has 2 heterocycles. The van der Waals surface area contributed by atoms with Gasteiger partial charge >= 0.3 is 0 Å². The smallest absolute Gasteiger partial charge is 0.246 e. The van der Waals surface area contributed by atoms with Crippen molar-refractivity contribution in [1.29, 1.82) is 0 Å². The Morgan fingerprint density at radius 3 is 2.53 bits per heavy atom. The van der Waals surface area contributed by atoms with Crippen molar-refractivity contribution in [3.8, 4) is 5.75 Å². The van der Waals surface area contributed by atoms with Gasteiger partial charge in [0.05, 0.1) is 6.61 Å². The Balaban J connectivity index is 1.55. The second-order valence-corrected chi connectivity index (χ2v) is 7.88. The van der Waals surface area contributed by atoms with Gasteiger partial charge in [0, 0.05) is 24.0 Å². The molecular formula is C22H27N5O2S. The molecule has 1 N–H and O–H groups in total. The number of rotatable bonds is 7. The van der Waals surface area contributed by atoms with Crippen LogP contribution in [0.1, 0.15) is 50.8 Å². The molecule has 0 radical (unpaired) electrons. The van der Waals surface area contributed by atoms with Gasteiger partial charge in [-0.15, -0.1) is 0 Å². The molecule has 1 aliphatic rings. The Labute approximate surface area is 181 Å². The standard InChI is InChI=1S/C22H27N5O2S/c1-2-29-19-12-10-18(11-13-19)23-20(28)16-26-22(30)27(25-14-6-7-15-25)21(24-26)17-8-4-3-5-9-17/h6-7,10-15,17H,2-5,8-9,16H2,1H3,(H,23,28). The van der Waals surface area contributed by atoms with E-state index in [0.717, 1.165) is 24.4 Å². The lowest BCUT2D eigenvalue weighted by Gasteiger charge is -2.21. The highest BCUT2D eigenvalue weighted by atomic mass is 32.1. The van der Waals surface area contributed by atoms with E-state index in [-0.39, 0.29) is 12.5 Å². The Morgan fingerprint density at radius 1 is 1.17 bits per heavy atom. The predicted molar refractivity (Wildman–Crippen MR) is 118 cm³/mol. The summed E-state index contributed by atoms with van der Waals surface area (Å²) in [6.07, 6.45) is 9.79. The summed E-state index contributed by atoms with van der Waals surface area (Å²) in [4.78, 5) is 12.7. The summed E-state index contributed by atoms with van der Waals surface area (Å²) in [6.45, 7) is 2.62. The van der Waals surface area contributed by atoms with Crippen molar-refractivity contribution in [1.82, 2.24) is 19.1 Å². The van der Waals surface area contributed by atoms with Gasteiger partial charge in [0.25, 0.3) is 0 Å². The number of nitrogens with zero attached hydrogens (tertiary/aromatic N) is 4. The summed E-state index contributed by atoms with van der Waals surface area (Å²) in [5.74, 6) is 1.91. The highest BCUT2D eigenvalue weighted by Crippen LogP contribution is 2.32. The van der Waals surface area contributed by atoms with Crippen LogP contribution in [0.3, 0.4) is 0 Å². The lowest BCUT2D eigenvalue weighted by molar-refractivity contribution is -0.116. The summed E-state index contributed by atoms with van der Waals surface area (Å²) in [6, 6.07) is 11.3. The van der Waals surface area contributed by atoms with E-state index in [0.29, 0.717) is 23.0 Å². The third-order valence-electron chi connectivity index (χ3n) is 5.37. The van der Waals surface area contributed by atoms with E-state index in [1.54, 1.807) is 4.68 Å². The molecular weight excluding hydrogens is 398 g/mol. The fourth-order valence-corrected chi connectivity index (χ4v) is 4.24. The molecule has 3 aromatic rings. The van der Waals surface area contributed by atoms with Crippen LogP contribution in [0.5, 0.6) is 5.75 Å². The van der Waals surface area contributed by atoms with Crippen molar-refractivity contribution in [2.45, 2.75) is 51.5 Å². The average Bonchev–Trinajstić information content (AvgIpc) is 3.39. The number of aromatic nitrogens is 4. The van der Waals surface area contributed by atoms with Gasteiger partial charge in [0.15, 0.2) is 5.82 Å². The molecule has 0 saturated heterocycles. The predicted octanol–water partition coefficient (Wildman–Crippen LogP) is 4.61. The molecule has 1 amide bonds. The first-order valence-electron chi connectivity index (χ1n) is 10.5. The van der Waals surface area contributed by atoms with Gasteiger partial charge in [-0.05, 0) is 68.4 Å². The first-order valence-corrected chi connectivity index (χ1v) is 10.9. The topological polar surface area (TPSA) is 66.0 Å². The maximum absolute atomic E-state index is 12.7. The number of nitrogens with one attached hydrogen (secondary N) is 1. The van der Waals surface area contributed by atoms with E-state index in [1.165, 1.54) is 19.3 Å². The Bertz CT molecular complexity index is 1030. The first kappa shape index (κ1) is 20.4. The first-order chi connectivity index (χ1) is 14.7. The lowest BCUT2D eigenvalue weighted by atomic mass is 9.89.